The minimum Gasteiger partial charge on any atom is -0.506 e. The molecule has 0 atom stereocenters. The SMILES string of the molecule is C#CCNS(=O)(=O)c1cccc(C(=O)Nc2ccc(C)cc2O)c1. The van der Waals surface area contributed by atoms with Crippen molar-refractivity contribution in [2.45, 2.75) is 11.8 Å². The lowest BCUT2D eigenvalue weighted by Crippen LogP contribution is -2.24. The van der Waals surface area contributed by atoms with Gasteiger partial charge in [-0.1, -0.05) is 18.1 Å². The summed E-state index contributed by atoms with van der Waals surface area (Å²) < 4.78 is 26.3. The Balaban J connectivity index is 2.25. The van der Waals surface area contributed by atoms with E-state index < -0.39 is 15.9 Å². The second-order valence-electron chi connectivity index (χ2n) is 5.03. The molecule has 0 saturated heterocycles. The number of carbonyl (C=O) groups excluding carboxylic acids is 1. The van der Waals surface area contributed by atoms with Gasteiger partial charge in [0.05, 0.1) is 17.1 Å². The van der Waals surface area contributed by atoms with Gasteiger partial charge in [-0.2, -0.15) is 4.72 Å². The molecule has 0 aliphatic heterocycles. The summed E-state index contributed by atoms with van der Waals surface area (Å²) in [5, 5.41) is 12.4. The molecule has 0 heterocycles. The van der Waals surface area contributed by atoms with Crippen molar-refractivity contribution in [1.29, 1.82) is 0 Å². The molecule has 0 aliphatic rings. The zero-order chi connectivity index (χ0) is 17.7. The molecule has 0 aromatic heterocycles. The van der Waals surface area contributed by atoms with Crippen LogP contribution in [0.2, 0.25) is 0 Å². The highest BCUT2D eigenvalue weighted by atomic mass is 32.2. The van der Waals surface area contributed by atoms with Crippen LogP contribution in [0.25, 0.3) is 0 Å². The van der Waals surface area contributed by atoms with E-state index >= 15 is 0 Å². The van der Waals surface area contributed by atoms with Gasteiger partial charge in [0.1, 0.15) is 5.75 Å². The zero-order valence-electron chi connectivity index (χ0n) is 12.9. The van der Waals surface area contributed by atoms with Crippen molar-refractivity contribution in [3.63, 3.8) is 0 Å². The Kier molecular flexibility index (Phi) is 5.24. The fraction of sp³-hybridized carbons (Fsp3) is 0.118. The van der Waals surface area contributed by atoms with Gasteiger partial charge in [0.15, 0.2) is 0 Å². The largest absolute Gasteiger partial charge is 0.506 e. The third-order valence-electron chi connectivity index (χ3n) is 3.17. The minimum absolute atomic E-state index is 0.0668. The van der Waals surface area contributed by atoms with E-state index in [1.165, 1.54) is 30.3 Å². The topological polar surface area (TPSA) is 95.5 Å². The lowest BCUT2D eigenvalue weighted by Gasteiger charge is -2.09. The average Bonchev–Trinajstić information content (AvgIpc) is 2.55. The number of phenolic OH excluding ortho intramolecular Hbond substituents is 1. The maximum absolute atomic E-state index is 12.3. The van der Waals surface area contributed by atoms with Gasteiger partial charge in [-0.3, -0.25) is 4.79 Å². The normalized spacial score (nSPS) is 10.8. The first kappa shape index (κ1) is 17.5. The van der Waals surface area contributed by atoms with Crippen molar-refractivity contribution in [2.75, 3.05) is 11.9 Å². The first-order valence-corrected chi connectivity index (χ1v) is 8.46. The third-order valence-corrected chi connectivity index (χ3v) is 4.57. The summed E-state index contributed by atoms with van der Waals surface area (Å²) in [6, 6.07) is 10.3. The third kappa shape index (κ3) is 4.13. The van der Waals surface area contributed by atoms with E-state index in [2.05, 4.69) is 16.0 Å². The van der Waals surface area contributed by atoms with E-state index in [1.54, 1.807) is 12.1 Å². The number of hydrogen-bond donors (Lipinski definition) is 3. The summed E-state index contributed by atoms with van der Waals surface area (Å²) >= 11 is 0. The number of aromatic hydroxyl groups is 1. The quantitative estimate of drug-likeness (QED) is 0.570. The van der Waals surface area contributed by atoms with E-state index in [-0.39, 0.29) is 28.4 Å². The molecule has 0 aliphatic carbocycles. The van der Waals surface area contributed by atoms with Crippen LogP contribution in [0.4, 0.5) is 5.69 Å². The molecule has 0 bridgehead atoms. The monoisotopic (exact) mass is 344 g/mol. The van der Waals surface area contributed by atoms with E-state index in [0.29, 0.717) is 0 Å². The van der Waals surface area contributed by atoms with Gasteiger partial charge in [-0.25, -0.2) is 8.42 Å². The molecule has 2 aromatic carbocycles. The number of carbonyl (C=O) groups is 1. The maximum Gasteiger partial charge on any atom is 0.255 e. The van der Waals surface area contributed by atoms with Crippen LogP contribution in [0.15, 0.2) is 47.4 Å². The van der Waals surface area contributed by atoms with Crippen molar-refractivity contribution in [1.82, 2.24) is 4.72 Å². The smallest absolute Gasteiger partial charge is 0.255 e. The Morgan fingerprint density at radius 1 is 1.25 bits per heavy atom. The molecule has 0 radical (unpaired) electrons. The number of hydrogen-bond acceptors (Lipinski definition) is 4. The first-order valence-electron chi connectivity index (χ1n) is 6.97. The Morgan fingerprint density at radius 2 is 2.00 bits per heavy atom. The Morgan fingerprint density at radius 3 is 2.67 bits per heavy atom. The number of amides is 1. The van der Waals surface area contributed by atoms with Gasteiger partial charge < -0.3 is 10.4 Å². The van der Waals surface area contributed by atoms with Crippen LogP contribution >= 0.6 is 0 Å². The number of rotatable bonds is 5. The van der Waals surface area contributed by atoms with Crippen LogP contribution in [0.5, 0.6) is 5.75 Å². The van der Waals surface area contributed by atoms with Gasteiger partial charge in [-0.05, 0) is 42.8 Å². The molecule has 7 heteroatoms. The molecular formula is C17H16N2O4S. The summed E-state index contributed by atoms with van der Waals surface area (Å²) in [5.74, 6) is 1.57. The molecule has 0 saturated carbocycles. The second kappa shape index (κ2) is 7.17. The Labute approximate surface area is 140 Å². The van der Waals surface area contributed by atoms with Crippen LogP contribution in [-0.4, -0.2) is 26.0 Å². The van der Waals surface area contributed by atoms with Gasteiger partial charge in [-0.15, -0.1) is 6.42 Å². The fourth-order valence-corrected chi connectivity index (χ4v) is 2.95. The molecule has 0 unspecified atom stereocenters. The molecule has 2 rings (SSSR count). The number of terminal acetylenes is 1. The number of phenols is 1. The number of anilines is 1. The highest BCUT2D eigenvalue weighted by molar-refractivity contribution is 7.89. The number of nitrogens with one attached hydrogen (secondary N) is 2. The van der Waals surface area contributed by atoms with Crippen molar-refractivity contribution in [2.24, 2.45) is 0 Å². The molecule has 3 N–H and O–H groups in total. The Hall–Kier alpha value is -2.82. The lowest BCUT2D eigenvalue weighted by atomic mass is 10.2. The molecule has 0 spiro atoms. The predicted octanol–water partition coefficient (Wildman–Crippen LogP) is 1.86. The summed E-state index contributed by atoms with van der Waals surface area (Å²) in [6.45, 7) is 1.67. The van der Waals surface area contributed by atoms with Crippen LogP contribution in [-0.2, 0) is 10.0 Å². The maximum atomic E-state index is 12.3. The highest BCUT2D eigenvalue weighted by Crippen LogP contribution is 2.24. The van der Waals surface area contributed by atoms with Crippen LogP contribution in [0.3, 0.4) is 0 Å². The van der Waals surface area contributed by atoms with Crippen LogP contribution in [0, 0.1) is 19.3 Å². The van der Waals surface area contributed by atoms with E-state index in [4.69, 9.17) is 6.42 Å². The van der Waals surface area contributed by atoms with Gasteiger partial charge in [0.25, 0.3) is 5.91 Å². The summed E-state index contributed by atoms with van der Waals surface area (Å²) in [7, 11) is -3.79. The van der Waals surface area contributed by atoms with E-state index in [0.717, 1.165) is 5.56 Å². The summed E-state index contributed by atoms with van der Waals surface area (Å²) in [6.07, 6.45) is 5.04. The summed E-state index contributed by atoms with van der Waals surface area (Å²) in [4.78, 5) is 12.2. The number of sulfonamides is 1. The van der Waals surface area contributed by atoms with Crippen molar-refractivity contribution in [3.8, 4) is 18.1 Å². The van der Waals surface area contributed by atoms with Crippen molar-refractivity contribution >= 4 is 21.6 Å². The summed E-state index contributed by atoms with van der Waals surface area (Å²) in [5.41, 5.74) is 1.22. The molecule has 6 nitrogen and oxygen atoms in total. The highest BCUT2D eigenvalue weighted by Gasteiger charge is 2.16. The average molecular weight is 344 g/mol. The van der Waals surface area contributed by atoms with Crippen LogP contribution in [0.1, 0.15) is 15.9 Å². The molecule has 1 amide bonds. The van der Waals surface area contributed by atoms with E-state index in [9.17, 15) is 18.3 Å². The van der Waals surface area contributed by atoms with Crippen molar-refractivity contribution < 1.29 is 18.3 Å². The van der Waals surface area contributed by atoms with Crippen LogP contribution < -0.4 is 10.0 Å². The fourth-order valence-electron chi connectivity index (χ4n) is 1.97. The van der Waals surface area contributed by atoms with E-state index in [1.807, 2.05) is 6.92 Å². The standard InChI is InChI=1S/C17H16N2O4S/c1-3-9-18-24(22,23)14-6-4-5-13(11-14)17(21)19-15-8-7-12(2)10-16(15)20/h1,4-8,10-11,18,20H,9H2,2H3,(H,19,21). The van der Waals surface area contributed by atoms with Gasteiger partial charge in [0.2, 0.25) is 10.0 Å². The zero-order valence-corrected chi connectivity index (χ0v) is 13.7. The minimum atomic E-state index is -3.79. The molecule has 2 aromatic rings. The van der Waals surface area contributed by atoms with Gasteiger partial charge in [0, 0.05) is 5.56 Å². The second-order valence-corrected chi connectivity index (χ2v) is 6.80. The lowest BCUT2D eigenvalue weighted by molar-refractivity contribution is 0.102. The van der Waals surface area contributed by atoms with Crippen molar-refractivity contribution in [3.05, 3.63) is 53.6 Å². The number of benzene rings is 2. The Bertz CT molecular complexity index is 914. The van der Waals surface area contributed by atoms with Gasteiger partial charge >= 0.3 is 0 Å². The number of aryl methyl sites for hydroxylation is 1. The molecule has 24 heavy (non-hydrogen) atoms. The molecular weight excluding hydrogens is 328 g/mol. The first-order chi connectivity index (χ1) is 11.3. The predicted molar refractivity (Wildman–Crippen MR) is 91.3 cm³/mol. The molecule has 0 fully saturated rings. The molecule has 124 valence electrons.